The van der Waals surface area contributed by atoms with Crippen molar-refractivity contribution in [3.8, 4) is 0 Å². The molecule has 5 nitrogen and oxygen atoms in total. The highest BCUT2D eigenvalue weighted by Gasteiger charge is 2.25. The summed E-state index contributed by atoms with van der Waals surface area (Å²) in [5.41, 5.74) is 1.06. The van der Waals surface area contributed by atoms with Crippen LogP contribution in [0.1, 0.15) is 56.0 Å². The van der Waals surface area contributed by atoms with Crippen LogP contribution in [0.2, 0.25) is 0 Å². The van der Waals surface area contributed by atoms with E-state index in [2.05, 4.69) is 10.3 Å². The lowest BCUT2D eigenvalue weighted by Crippen LogP contribution is -2.34. The number of hydrogen-bond acceptors (Lipinski definition) is 5. The van der Waals surface area contributed by atoms with Crippen LogP contribution in [0.4, 0.5) is 5.13 Å². The maximum Gasteiger partial charge on any atom is 0.255 e. The average molecular weight is 324 g/mol. The summed E-state index contributed by atoms with van der Waals surface area (Å²) in [6.45, 7) is 3.32. The summed E-state index contributed by atoms with van der Waals surface area (Å²) >= 11 is 1.51. The standard InChI is InChI=1S/C16H24N2O3S/c1-2-13(21-11-6-4-3-5-7-11)15(19)18-16-17-12-8-9-20-10-14(12)22-16/h11,13H,2-10H2,1H3,(H,17,18,19)/t13-/m1/s1. The number of aromatic nitrogens is 1. The number of anilines is 1. The fourth-order valence-corrected chi connectivity index (χ4v) is 3.99. The SMILES string of the molecule is CC[C@@H](OC1CCCCC1)C(=O)Nc1nc2c(s1)COCC2. The molecule has 0 unspecified atom stereocenters. The summed E-state index contributed by atoms with van der Waals surface area (Å²) in [6, 6.07) is 0. The number of nitrogens with one attached hydrogen (secondary N) is 1. The van der Waals surface area contributed by atoms with Crippen LogP contribution in [-0.4, -0.2) is 29.7 Å². The van der Waals surface area contributed by atoms with E-state index < -0.39 is 0 Å². The molecule has 0 radical (unpaired) electrons. The molecule has 1 N–H and O–H groups in total. The summed E-state index contributed by atoms with van der Waals surface area (Å²) in [6.07, 6.45) is 7.25. The van der Waals surface area contributed by atoms with E-state index in [0.717, 1.165) is 29.8 Å². The first-order valence-electron chi connectivity index (χ1n) is 8.29. The number of rotatable bonds is 5. The molecule has 1 fully saturated rings. The number of carbonyl (C=O) groups excluding carboxylic acids is 1. The normalized spacial score (nSPS) is 20.4. The molecule has 1 atom stereocenters. The van der Waals surface area contributed by atoms with Gasteiger partial charge in [-0.05, 0) is 19.3 Å². The van der Waals surface area contributed by atoms with E-state index in [-0.39, 0.29) is 18.1 Å². The fourth-order valence-electron chi connectivity index (χ4n) is 3.04. The summed E-state index contributed by atoms with van der Waals surface area (Å²) < 4.78 is 11.4. The van der Waals surface area contributed by atoms with Crippen LogP contribution in [0.25, 0.3) is 0 Å². The van der Waals surface area contributed by atoms with Gasteiger partial charge < -0.3 is 9.47 Å². The van der Waals surface area contributed by atoms with Crippen molar-refractivity contribution in [2.75, 3.05) is 11.9 Å². The molecule has 122 valence electrons. The van der Waals surface area contributed by atoms with Gasteiger partial charge in [-0.2, -0.15) is 0 Å². The van der Waals surface area contributed by atoms with Gasteiger partial charge in [0.05, 0.1) is 29.9 Å². The Balaban J connectivity index is 1.57. The second-order valence-corrected chi connectivity index (χ2v) is 7.06. The lowest BCUT2D eigenvalue weighted by molar-refractivity contribution is -0.132. The zero-order valence-corrected chi connectivity index (χ0v) is 13.9. The molecule has 2 aliphatic rings. The maximum absolute atomic E-state index is 12.4. The molecule has 1 aromatic rings. The first kappa shape index (κ1) is 15.9. The molecule has 1 aliphatic carbocycles. The highest BCUT2D eigenvalue weighted by molar-refractivity contribution is 7.15. The van der Waals surface area contributed by atoms with Gasteiger partial charge in [0.2, 0.25) is 0 Å². The van der Waals surface area contributed by atoms with Crippen LogP contribution in [0, 0.1) is 0 Å². The molecule has 1 aliphatic heterocycles. The molecule has 0 aromatic carbocycles. The van der Waals surface area contributed by atoms with Crippen molar-refractivity contribution < 1.29 is 14.3 Å². The Kier molecular flexibility index (Phi) is 5.44. The predicted octanol–water partition coefficient (Wildman–Crippen LogP) is 3.28. The zero-order valence-electron chi connectivity index (χ0n) is 13.1. The Labute approximate surface area is 135 Å². The van der Waals surface area contributed by atoms with E-state index in [0.29, 0.717) is 24.8 Å². The Bertz CT molecular complexity index is 488. The molecular formula is C16H24N2O3S. The van der Waals surface area contributed by atoms with E-state index in [4.69, 9.17) is 9.47 Å². The van der Waals surface area contributed by atoms with Gasteiger partial charge in [0.15, 0.2) is 5.13 Å². The quantitative estimate of drug-likeness (QED) is 0.903. The third-order valence-corrected chi connectivity index (χ3v) is 5.28. The smallest absolute Gasteiger partial charge is 0.255 e. The molecule has 1 amide bonds. The number of nitrogens with zero attached hydrogens (tertiary/aromatic N) is 1. The minimum Gasteiger partial charge on any atom is -0.375 e. The van der Waals surface area contributed by atoms with Crippen LogP contribution in [0.15, 0.2) is 0 Å². The fraction of sp³-hybridized carbons (Fsp3) is 0.750. The van der Waals surface area contributed by atoms with Gasteiger partial charge >= 0.3 is 0 Å². The van der Waals surface area contributed by atoms with Crippen molar-refractivity contribution in [2.45, 2.75) is 70.7 Å². The summed E-state index contributed by atoms with van der Waals surface area (Å²) in [5.74, 6) is -0.0694. The van der Waals surface area contributed by atoms with Crippen molar-refractivity contribution in [1.82, 2.24) is 4.98 Å². The number of hydrogen-bond donors (Lipinski definition) is 1. The third kappa shape index (κ3) is 3.86. The van der Waals surface area contributed by atoms with E-state index >= 15 is 0 Å². The second-order valence-electron chi connectivity index (χ2n) is 5.97. The van der Waals surface area contributed by atoms with Crippen LogP contribution in [0.3, 0.4) is 0 Å². The first-order chi connectivity index (χ1) is 10.8. The Hall–Kier alpha value is -0.980. The lowest BCUT2D eigenvalue weighted by atomic mass is 9.97. The minimum atomic E-state index is -0.375. The number of amides is 1. The molecule has 22 heavy (non-hydrogen) atoms. The molecule has 1 saturated carbocycles. The third-order valence-electron chi connectivity index (χ3n) is 4.30. The number of ether oxygens (including phenoxy) is 2. The number of thiazole rings is 1. The lowest BCUT2D eigenvalue weighted by Gasteiger charge is -2.26. The summed E-state index contributed by atoms with van der Waals surface area (Å²) in [5, 5.41) is 3.60. The first-order valence-corrected chi connectivity index (χ1v) is 9.10. The van der Waals surface area contributed by atoms with Gasteiger partial charge in [0.1, 0.15) is 6.10 Å². The van der Waals surface area contributed by atoms with E-state index in [1.807, 2.05) is 6.92 Å². The van der Waals surface area contributed by atoms with Gasteiger partial charge in [-0.1, -0.05) is 37.5 Å². The molecule has 3 rings (SSSR count). The average Bonchev–Trinajstić information content (AvgIpc) is 2.95. The molecule has 0 spiro atoms. The second kappa shape index (κ2) is 7.53. The van der Waals surface area contributed by atoms with Crippen molar-refractivity contribution in [1.29, 1.82) is 0 Å². The topological polar surface area (TPSA) is 60.5 Å². The van der Waals surface area contributed by atoms with Crippen molar-refractivity contribution in [2.24, 2.45) is 0 Å². The molecule has 1 aromatic heterocycles. The van der Waals surface area contributed by atoms with Crippen molar-refractivity contribution in [3.05, 3.63) is 10.6 Å². The van der Waals surface area contributed by atoms with Crippen molar-refractivity contribution in [3.63, 3.8) is 0 Å². The Morgan fingerprint density at radius 1 is 1.45 bits per heavy atom. The van der Waals surface area contributed by atoms with Crippen LogP contribution < -0.4 is 5.32 Å². The van der Waals surface area contributed by atoms with E-state index in [1.165, 1.54) is 30.6 Å². The maximum atomic E-state index is 12.4. The molecule has 0 saturated heterocycles. The van der Waals surface area contributed by atoms with E-state index in [1.54, 1.807) is 0 Å². The van der Waals surface area contributed by atoms with Gasteiger partial charge in [0, 0.05) is 6.42 Å². The van der Waals surface area contributed by atoms with Gasteiger partial charge in [-0.15, -0.1) is 0 Å². The zero-order chi connectivity index (χ0) is 15.4. The molecule has 6 heteroatoms. The molecule has 0 bridgehead atoms. The van der Waals surface area contributed by atoms with Gasteiger partial charge in [0.25, 0.3) is 5.91 Å². The van der Waals surface area contributed by atoms with Gasteiger partial charge in [-0.25, -0.2) is 4.98 Å². The Morgan fingerprint density at radius 2 is 2.27 bits per heavy atom. The minimum absolute atomic E-state index is 0.0694. The predicted molar refractivity (Wildman–Crippen MR) is 86.1 cm³/mol. The number of carbonyl (C=O) groups is 1. The summed E-state index contributed by atoms with van der Waals surface area (Å²) in [4.78, 5) is 18.1. The summed E-state index contributed by atoms with van der Waals surface area (Å²) in [7, 11) is 0. The van der Waals surface area contributed by atoms with Crippen molar-refractivity contribution >= 4 is 22.4 Å². The highest BCUT2D eigenvalue weighted by Crippen LogP contribution is 2.28. The number of fused-ring (bicyclic) bond motifs is 1. The largest absolute Gasteiger partial charge is 0.375 e. The molecule has 2 heterocycles. The Morgan fingerprint density at radius 3 is 3.00 bits per heavy atom. The van der Waals surface area contributed by atoms with E-state index in [9.17, 15) is 4.79 Å². The van der Waals surface area contributed by atoms with Gasteiger partial charge in [-0.3, -0.25) is 10.1 Å². The highest BCUT2D eigenvalue weighted by atomic mass is 32.1. The van der Waals surface area contributed by atoms with Crippen LogP contribution >= 0.6 is 11.3 Å². The van der Waals surface area contributed by atoms with Crippen LogP contribution in [-0.2, 0) is 27.3 Å². The molecular weight excluding hydrogens is 300 g/mol. The monoisotopic (exact) mass is 324 g/mol. The van der Waals surface area contributed by atoms with Crippen LogP contribution in [0.5, 0.6) is 0 Å².